The quantitative estimate of drug-likeness (QED) is 0.852. The topological polar surface area (TPSA) is 46.2 Å². The molecule has 2 rings (SSSR count). The number of thiophene rings is 1. The van der Waals surface area contributed by atoms with E-state index in [0.29, 0.717) is 14.4 Å². The highest BCUT2D eigenvalue weighted by Crippen LogP contribution is 2.32. The first-order valence-electron chi connectivity index (χ1n) is 5.03. The maximum Gasteiger partial charge on any atom is 0.271 e. The first kappa shape index (κ1) is 14.8. The van der Waals surface area contributed by atoms with Gasteiger partial charge in [-0.2, -0.15) is 0 Å². The molecule has 0 aliphatic heterocycles. The van der Waals surface area contributed by atoms with E-state index < -0.39 is 15.8 Å². The Hall–Kier alpha value is -0.630. The summed E-state index contributed by atoms with van der Waals surface area (Å²) in [6.45, 7) is 1.73. The molecule has 1 aromatic heterocycles. The molecule has 0 aliphatic carbocycles. The SMILES string of the molecule is Cc1cc(S(=O)(=O)Nc2ccc(F)cc2Br)sc1Cl. The highest BCUT2D eigenvalue weighted by Gasteiger charge is 2.19. The van der Waals surface area contributed by atoms with E-state index in [1.165, 1.54) is 24.3 Å². The molecule has 3 nitrogen and oxygen atoms in total. The summed E-state index contributed by atoms with van der Waals surface area (Å²) >= 11 is 9.94. The molecule has 102 valence electrons. The lowest BCUT2D eigenvalue weighted by Crippen LogP contribution is -2.11. The van der Waals surface area contributed by atoms with Gasteiger partial charge in [-0.25, -0.2) is 12.8 Å². The van der Waals surface area contributed by atoms with E-state index in [-0.39, 0.29) is 9.90 Å². The van der Waals surface area contributed by atoms with Crippen LogP contribution in [-0.4, -0.2) is 8.42 Å². The maximum absolute atomic E-state index is 12.9. The Morgan fingerprint density at radius 2 is 2.05 bits per heavy atom. The van der Waals surface area contributed by atoms with Crippen molar-refractivity contribution in [1.29, 1.82) is 0 Å². The molecule has 0 amide bonds. The largest absolute Gasteiger partial charge is 0.278 e. The molecule has 0 bridgehead atoms. The van der Waals surface area contributed by atoms with Crippen LogP contribution in [0.1, 0.15) is 5.56 Å². The third-order valence-electron chi connectivity index (χ3n) is 2.27. The first-order chi connectivity index (χ1) is 8.79. The molecule has 2 aromatic rings. The lowest BCUT2D eigenvalue weighted by molar-refractivity contribution is 0.602. The van der Waals surface area contributed by atoms with Crippen LogP contribution in [0.4, 0.5) is 10.1 Å². The Morgan fingerprint density at radius 3 is 2.58 bits per heavy atom. The summed E-state index contributed by atoms with van der Waals surface area (Å²) in [5.74, 6) is -0.454. The van der Waals surface area contributed by atoms with Crippen molar-refractivity contribution in [3.63, 3.8) is 0 Å². The standard InChI is InChI=1S/C11H8BrClFNO2S2/c1-6-4-10(18-11(6)13)19(16,17)15-9-3-2-7(14)5-8(9)12/h2-5,15H,1H3. The van der Waals surface area contributed by atoms with Gasteiger partial charge in [0.05, 0.1) is 10.0 Å². The van der Waals surface area contributed by atoms with Gasteiger partial charge >= 0.3 is 0 Å². The van der Waals surface area contributed by atoms with Crippen molar-refractivity contribution in [2.24, 2.45) is 0 Å². The molecule has 0 saturated heterocycles. The van der Waals surface area contributed by atoms with Crippen LogP contribution in [0, 0.1) is 12.7 Å². The Labute approximate surface area is 127 Å². The molecule has 0 atom stereocenters. The second-order valence-corrected chi connectivity index (χ2v) is 8.17. The molecule has 1 aromatic carbocycles. The maximum atomic E-state index is 12.9. The lowest BCUT2D eigenvalue weighted by atomic mass is 10.3. The third-order valence-corrected chi connectivity index (χ3v) is 6.33. The average Bonchev–Trinajstić information content (AvgIpc) is 2.64. The summed E-state index contributed by atoms with van der Waals surface area (Å²) in [5, 5.41) is 0. The number of sulfonamides is 1. The minimum atomic E-state index is -3.72. The molecule has 0 unspecified atom stereocenters. The number of hydrogen-bond donors (Lipinski definition) is 1. The van der Waals surface area contributed by atoms with E-state index in [2.05, 4.69) is 20.7 Å². The third kappa shape index (κ3) is 3.28. The van der Waals surface area contributed by atoms with Gasteiger partial charge in [0, 0.05) is 4.47 Å². The molecule has 1 N–H and O–H groups in total. The second kappa shape index (κ2) is 5.40. The number of rotatable bonds is 3. The van der Waals surface area contributed by atoms with E-state index >= 15 is 0 Å². The fourth-order valence-electron chi connectivity index (χ4n) is 1.33. The van der Waals surface area contributed by atoms with Crippen molar-refractivity contribution in [3.05, 3.63) is 44.5 Å². The molecule has 0 fully saturated rings. The molecule has 0 saturated carbocycles. The van der Waals surface area contributed by atoms with Crippen molar-refractivity contribution in [2.45, 2.75) is 11.1 Å². The minimum absolute atomic E-state index is 0.117. The molecular weight excluding hydrogens is 377 g/mol. The highest BCUT2D eigenvalue weighted by atomic mass is 79.9. The van der Waals surface area contributed by atoms with Crippen molar-refractivity contribution >= 4 is 54.6 Å². The van der Waals surface area contributed by atoms with Crippen LogP contribution < -0.4 is 4.72 Å². The summed E-state index contributed by atoms with van der Waals surface area (Å²) in [5.41, 5.74) is 0.966. The summed E-state index contributed by atoms with van der Waals surface area (Å²) in [6.07, 6.45) is 0. The van der Waals surface area contributed by atoms with Crippen molar-refractivity contribution in [2.75, 3.05) is 4.72 Å². The average molecular weight is 385 g/mol. The van der Waals surface area contributed by atoms with Gasteiger partial charge < -0.3 is 0 Å². The smallest absolute Gasteiger partial charge is 0.271 e. The zero-order valence-corrected chi connectivity index (χ0v) is 13.6. The van der Waals surface area contributed by atoms with Crippen LogP contribution in [0.25, 0.3) is 0 Å². The predicted molar refractivity (Wildman–Crippen MR) is 79.0 cm³/mol. The normalized spacial score (nSPS) is 11.6. The molecule has 8 heteroatoms. The van der Waals surface area contributed by atoms with Crippen LogP contribution in [0.3, 0.4) is 0 Å². The zero-order chi connectivity index (χ0) is 14.2. The van der Waals surface area contributed by atoms with Crippen LogP contribution in [0.2, 0.25) is 4.34 Å². The fourth-order valence-corrected chi connectivity index (χ4v) is 4.70. The van der Waals surface area contributed by atoms with Crippen LogP contribution in [0.5, 0.6) is 0 Å². The summed E-state index contributed by atoms with van der Waals surface area (Å²) in [6, 6.07) is 5.20. The summed E-state index contributed by atoms with van der Waals surface area (Å²) in [4.78, 5) is 0. The lowest BCUT2D eigenvalue weighted by Gasteiger charge is -2.08. The fraction of sp³-hybridized carbons (Fsp3) is 0.0909. The van der Waals surface area contributed by atoms with E-state index in [1.807, 2.05) is 0 Å². The van der Waals surface area contributed by atoms with Crippen LogP contribution in [-0.2, 0) is 10.0 Å². The van der Waals surface area contributed by atoms with Gasteiger partial charge in [-0.15, -0.1) is 11.3 Å². The predicted octanol–water partition coefficient (Wildman–Crippen LogP) is 4.41. The number of benzene rings is 1. The van der Waals surface area contributed by atoms with Crippen molar-refractivity contribution in [3.8, 4) is 0 Å². The van der Waals surface area contributed by atoms with Crippen LogP contribution >= 0.6 is 38.9 Å². The Balaban J connectivity index is 2.36. The number of halogens is 3. The van der Waals surface area contributed by atoms with Gasteiger partial charge in [-0.05, 0) is 52.7 Å². The van der Waals surface area contributed by atoms with Gasteiger partial charge in [0.1, 0.15) is 10.0 Å². The zero-order valence-electron chi connectivity index (χ0n) is 9.58. The van der Waals surface area contributed by atoms with Crippen molar-refractivity contribution < 1.29 is 12.8 Å². The van der Waals surface area contributed by atoms with E-state index in [4.69, 9.17) is 11.6 Å². The highest BCUT2D eigenvalue weighted by molar-refractivity contribution is 9.10. The molecule has 0 radical (unpaired) electrons. The molecule has 1 heterocycles. The van der Waals surface area contributed by atoms with E-state index in [1.54, 1.807) is 6.92 Å². The number of nitrogens with one attached hydrogen (secondary N) is 1. The number of aryl methyl sites for hydroxylation is 1. The minimum Gasteiger partial charge on any atom is -0.278 e. The number of anilines is 1. The van der Waals surface area contributed by atoms with Crippen LogP contribution in [0.15, 0.2) is 32.9 Å². The van der Waals surface area contributed by atoms with Crippen molar-refractivity contribution in [1.82, 2.24) is 0 Å². The molecule has 0 spiro atoms. The van der Waals surface area contributed by atoms with Gasteiger partial charge in [0.15, 0.2) is 0 Å². The van der Waals surface area contributed by atoms with Gasteiger partial charge in [-0.1, -0.05) is 11.6 Å². The van der Waals surface area contributed by atoms with E-state index in [9.17, 15) is 12.8 Å². The Bertz CT molecular complexity index is 711. The number of hydrogen-bond acceptors (Lipinski definition) is 3. The molecular formula is C11H8BrClFNO2S2. The summed E-state index contributed by atoms with van der Waals surface area (Å²) < 4.78 is 40.5. The Morgan fingerprint density at radius 1 is 1.37 bits per heavy atom. The first-order valence-corrected chi connectivity index (χ1v) is 8.50. The van der Waals surface area contributed by atoms with Gasteiger partial charge in [-0.3, -0.25) is 4.72 Å². The van der Waals surface area contributed by atoms with Gasteiger partial charge in [0.25, 0.3) is 10.0 Å². The Kier molecular flexibility index (Phi) is 4.20. The van der Waals surface area contributed by atoms with Gasteiger partial charge in [0.2, 0.25) is 0 Å². The molecule has 19 heavy (non-hydrogen) atoms. The molecule has 0 aliphatic rings. The summed E-state index contributed by atoms with van der Waals surface area (Å²) in [7, 11) is -3.72. The second-order valence-electron chi connectivity index (χ2n) is 3.75. The monoisotopic (exact) mass is 383 g/mol. The van der Waals surface area contributed by atoms with E-state index in [0.717, 1.165) is 11.3 Å².